The molecule has 0 amide bonds. The van der Waals surface area contributed by atoms with Crippen molar-refractivity contribution in [2.75, 3.05) is 7.11 Å². The molecule has 1 aliphatic carbocycles. The molecule has 6 heteroatoms. The molecule has 0 atom stereocenters. The summed E-state index contributed by atoms with van der Waals surface area (Å²) in [5.41, 5.74) is -1.03. The molecule has 1 saturated carbocycles. The predicted molar refractivity (Wildman–Crippen MR) is 81.3 cm³/mol. The fourth-order valence-electron chi connectivity index (χ4n) is 2.62. The van der Waals surface area contributed by atoms with E-state index in [4.69, 9.17) is 4.74 Å². The molecule has 3 nitrogen and oxygen atoms in total. The average Bonchev–Trinajstić information content (AvgIpc) is 3.37. The Kier molecular flexibility index (Phi) is 3.99. The summed E-state index contributed by atoms with van der Waals surface area (Å²) in [5, 5.41) is 0. The van der Waals surface area contributed by atoms with E-state index in [-0.39, 0.29) is 18.4 Å². The van der Waals surface area contributed by atoms with Crippen molar-refractivity contribution in [1.82, 2.24) is 0 Å². The lowest BCUT2D eigenvalue weighted by molar-refractivity contribution is -0.160. The third-order valence-corrected chi connectivity index (χ3v) is 4.21. The lowest BCUT2D eigenvalue weighted by Crippen LogP contribution is -2.28. The van der Waals surface area contributed by atoms with Gasteiger partial charge in [0, 0.05) is 0 Å². The highest BCUT2D eigenvalue weighted by Gasteiger charge is 2.64. The van der Waals surface area contributed by atoms with Crippen LogP contribution in [0.25, 0.3) is 0 Å². The fourth-order valence-corrected chi connectivity index (χ4v) is 2.62. The van der Waals surface area contributed by atoms with Crippen molar-refractivity contribution in [3.63, 3.8) is 0 Å². The summed E-state index contributed by atoms with van der Waals surface area (Å²) in [6.45, 7) is 0. The van der Waals surface area contributed by atoms with Gasteiger partial charge >= 0.3 is 12.1 Å². The molecule has 0 radical (unpaired) electrons. The first-order valence-corrected chi connectivity index (χ1v) is 7.39. The van der Waals surface area contributed by atoms with Gasteiger partial charge in [-0.2, -0.15) is 13.2 Å². The zero-order chi connectivity index (χ0) is 17.4. The number of hydrogen-bond acceptors (Lipinski definition) is 3. The van der Waals surface area contributed by atoms with Crippen molar-refractivity contribution in [2.24, 2.45) is 0 Å². The minimum absolute atomic E-state index is 0.131. The van der Waals surface area contributed by atoms with Crippen LogP contribution < -0.4 is 4.74 Å². The van der Waals surface area contributed by atoms with Gasteiger partial charge in [0.05, 0.1) is 18.1 Å². The van der Waals surface area contributed by atoms with E-state index in [9.17, 15) is 18.0 Å². The first-order chi connectivity index (χ1) is 11.4. The Labute approximate surface area is 137 Å². The molecule has 0 N–H and O–H groups in total. The van der Waals surface area contributed by atoms with E-state index in [2.05, 4.69) is 4.74 Å². The first-order valence-electron chi connectivity index (χ1n) is 7.39. The smallest absolute Gasteiger partial charge is 0.398 e. The number of benzene rings is 2. The Balaban J connectivity index is 1.72. The Morgan fingerprint density at radius 1 is 0.958 bits per heavy atom. The molecule has 0 aromatic heterocycles. The molecule has 0 unspecified atom stereocenters. The van der Waals surface area contributed by atoms with Gasteiger partial charge in [-0.15, -0.1) is 0 Å². The quantitative estimate of drug-likeness (QED) is 0.748. The van der Waals surface area contributed by atoms with E-state index < -0.39 is 17.6 Å². The van der Waals surface area contributed by atoms with Crippen molar-refractivity contribution < 1.29 is 27.4 Å². The fraction of sp³-hybridized carbons (Fsp3) is 0.278. The number of esters is 1. The maximum atomic E-state index is 13.1. The summed E-state index contributed by atoms with van der Waals surface area (Å²) in [4.78, 5) is 11.3. The summed E-state index contributed by atoms with van der Waals surface area (Å²) in [7, 11) is 1.29. The van der Waals surface area contributed by atoms with Crippen LogP contribution in [0.4, 0.5) is 13.2 Å². The highest BCUT2D eigenvalue weighted by atomic mass is 19.4. The second-order valence-electron chi connectivity index (χ2n) is 5.72. The molecule has 2 aromatic carbocycles. The minimum atomic E-state index is -4.22. The van der Waals surface area contributed by atoms with Crippen LogP contribution in [0.5, 0.6) is 11.5 Å². The van der Waals surface area contributed by atoms with Crippen LogP contribution in [0.15, 0.2) is 48.5 Å². The van der Waals surface area contributed by atoms with E-state index >= 15 is 0 Å². The van der Waals surface area contributed by atoms with Crippen molar-refractivity contribution in [3.05, 3.63) is 59.7 Å². The highest BCUT2D eigenvalue weighted by Crippen LogP contribution is 2.58. The van der Waals surface area contributed by atoms with Gasteiger partial charge in [-0.05, 0) is 54.8 Å². The van der Waals surface area contributed by atoms with E-state index in [0.717, 1.165) is 0 Å². The van der Waals surface area contributed by atoms with Gasteiger partial charge in [0.15, 0.2) is 0 Å². The molecule has 126 valence electrons. The Morgan fingerprint density at radius 2 is 1.46 bits per heavy atom. The van der Waals surface area contributed by atoms with Gasteiger partial charge in [-0.1, -0.05) is 12.1 Å². The standard InChI is InChI=1S/C18H15F3O3/c1-23-16(22)12-2-6-14(7-3-12)24-15-8-4-13(5-9-15)17(10-11-17)18(19,20)21/h2-9H,10-11H2,1H3. The van der Waals surface area contributed by atoms with Crippen molar-refractivity contribution >= 4 is 5.97 Å². The number of carbonyl (C=O) groups excluding carboxylic acids is 1. The van der Waals surface area contributed by atoms with E-state index in [1.165, 1.54) is 31.4 Å². The zero-order valence-electron chi connectivity index (χ0n) is 12.9. The van der Waals surface area contributed by atoms with Gasteiger partial charge in [0.1, 0.15) is 11.5 Å². The van der Waals surface area contributed by atoms with Gasteiger partial charge in [0.25, 0.3) is 0 Å². The maximum absolute atomic E-state index is 13.1. The third kappa shape index (κ3) is 2.96. The van der Waals surface area contributed by atoms with Crippen LogP contribution >= 0.6 is 0 Å². The van der Waals surface area contributed by atoms with Crippen molar-refractivity contribution in [3.8, 4) is 11.5 Å². The van der Waals surface area contributed by atoms with Crippen LogP contribution in [-0.4, -0.2) is 19.3 Å². The Hall–Kier alpha value is -2.50. The first kappa shape index (κ1) is 16.4. The molecule has 0 aliphatic heterocycles. The highest BCUT2D eigenvalue weighted by molar-refractivity contribution is 5.89. The Morgan fingerprint density at radius 3 is 1.88 bits per heavy atom. The minimum Gasteiger partial charge on any atom is -0.465 e. The summed E-state index contributed by atoms with van der Waals surface area (Å²) >= 11 is 0. The molecule has 3 rings (SSSR count). The SMILES string of the molecule is COC(=O)c1ccc(Oc2ccc(C3(C(F)(F)F)CC3)cc2)cc1. The number of methoxy groups -OCH3 is 1. The lowest BCUT2D eigenvalue weighted by atomic mass is 9.95. The summed E-state index contributed by atoms with van der Waals surface area (Å²) in [5.74, 6) is 0.461. The topological polar surface area (TPSA) is 35.5 Å². The monoisotopic (exact) mass is 336 g/mol. The van der Waals surface area contributed by atoms with Crippen LogP contribution in [0.2, 0.25) is 0 Å². The number of hydrogen-bond donors (Lipinski definition) is 0. The molecule has 1 fully saturated rings. The largest absolute Gasteiger partial charge is 0.465 e. The second-order valence-corrected chi connectivity index (χ2v) is 5.72. The molecule has 0 spiro atoms. The van der Waals surface area contributed by atoms with Crippen molar-refractivity contribution in [1.29, 1.82) is 0 Å². The van der Waals surface area contributed by atoms with Gasteiger partial charge in [-0.25, -0.2) is 4.79 Å². The van der Waals surface area contributed by atoms with E-state index in [0.29, 0.717) is 17.1 Å². The van der Waals surface area contributed by atoms with Gasteiger partial charge < -0.3 is 9.47 Å². The molecular weight excluding hydrogens is 321 g/mol. The predicted octanol–water partition coefficient (Wildman–Crippen LogP) is 4.86. The lowest BCUT2D eigenvalue weighted by Gasteiger charge is -2.19. The molecule has 2 aromatic rings. The summed E-state index contributed by atoms with van der Waals surface area (Å²) < 4.78 is 49.5. The summed E-state index contributed by atoms with van der Waals surface area (Å²) in [6, 6.07) is 12.3. The zero-order valence-corrected chi connectivity index (χ0v) is 12.9. The molecule has 0 bridgehead atoms. The normalized spacial score (nSPS) is 15.7. The van der Waals surface area contributed by atoms with Crippen LogP contribution in [-0.2, 0) is 10.2 Å². The van der Waals surface area contributed by atoms with E-state index in [1.54, 1.807) is 24.3 Å². The molecule has 0 saturated heterocycles. The maximum Gasteiger partial charge on any atom is 0.398 e. The molecule has 1 aliphatic rings. The molecular formula is C18H15F3O3. The molecule has 24 heavy (non-hydrogen) atoms. The number of alkyl halides is 3. The Bertz CT molecular complexity index is 730. The summed E-state index contributed by atoms with van der Waals surface area (Å²) in [6.07, 6.45) is -3.96. The van der Waals surface area contributed by atoms with Gasteiger partial charge in [-0.3, -0.25) is 0 Å². The third-order valence-electron chi connectivity index (χ3n) is 4.21. The van der Waals surface area contributed by atoms with Crippen LogP contribution in [0, 0.1) is 0 Å². The number of halogens is 3. The van der Waals surface area contributed by atoms with Crippen LogP contribution in [0.3, 0.4) is 0 Å². The average molecular weight is 336 g/mol. The van der Waals surface area contributed by atoms with E-state index in [1.807, 2.05) is 0 Å². The number of carbonyl (C=O) groups is 1. The van der Waals surface area contributed by atoms with Gasteiger partial charge in [0.2, 0.25) is 0 Å². The van der Waals surface area contributed by atoms with Crippen LogP contribution in [0.1, 0.15) is 28.8 Å². The molecule has 0 heterocycles. The second kappa shape index (κ2) is 5.85. The number of ether oxygens (including phenoxy) is 2. The van der Waals surface area contributed by atoms with Crippen molar-refractivity contribution in [2.45, 2.75) is 24.4 Å². The number of rotatable bonds is 4.